The summed E-state index contributed by atoms with van der Waals surface area (Å²) in [4.78, 5) is 15.8. The number of carbonyl (C=O) groups excluding carboxylic acids is 1. The maximum absolute atomic E-state index is 13.3. The first kappa shape index (κ1) is 18.1. The van der Waals surface area contributed by atoms with Crippen LogP contribution in [0.15, 0.2) is 18.2 Å². The van der Waals surface area contributed by atoms with E-state index in [2.05, 4.69) is 0 Å². The Bertz CT molecular complexity index is 814. The van der Waals surface area contributed by atoms with Gasteiger partial charge in [0.25, 0.3) is 0 Å². The monoisotopic (exact) mass is 381 g/mol. The van der Waals surface area contributed by atoms with Crippen molar-refractivity contribution in [3.8, 4) is 6.07 Å². The molecule has 27 heavy (non-hydrogen) atoms. The molecule has 2 aliphatic heterocycles. The van der Waals surface area contributed by atoms with Gasteiger partial charge in [0.05, 0.1) is 42.5 Å². The van der Waals surface area contributed by atoms with Crippen molar-refractivity contribution in [2.24, 2.45) is 0 Å². The molecule has 1 aromatic carbocycles. The number of urea groups is 1. The highest BCUT2D eigenvalue weighted by Crippen LogP contribution is 2.44. The number of benzene rings is 1. The number of ether oxygens (including phenoxy) is 2. The topological polar surface area (TPSA) is 65.8 Å². The second kappa shape index (κ2) is 6.11. The van der Waals surface area contributed by atoms with E-state index in [0.29, 0.717) is 32.5 Å². The Morgan fingerprint density at radius 1 is 1.26 bits per heavy atom. The maximum Gasteiger partial charge on any atom is 0.417 e. The molecule has 2 saturated heterocycles. The van der Waals surface area contributed by atoms with Gasteiger partial charge >= 0.3 is 12.2 Å². The Hall–Kier alpha value is -2.31. The number of hydrogen-bond donors (Lipinski definition) is 0. The van der Waals surface area contributed by atoms with Crippen LogP contribution in [0.1, 0.15) is 30.4 Å². The van der Waals surface area contributed by atoms with Crippen LogP contribution in [0, 0.1) is 11.3 Å². The number of carbonyl (C=O) groups is 1. The number of rotatable bonds is 1. The minimum absolute atomic E-state index is 0.148. The summed E-state index contributed by atoms with van der Waals surface area (Å²) in [5.74, 6) is -0.701. The molecule has 2 amide bonds. The molecule has 3 aliphatic rings. The summed E-state index contributed by atoms with van der Waals surface area (Å²) in [7, 11) is 1.64. The van der Waals surface area contributed by atoms with Gasteiger partial charge in [-0.1, -0.05) is 0 Å². The van der Waals surface area contributed by atoms with Gasteiger partial charge in [-0.2, -0.15) is 18.4 Å². The molecule has 144 valence electrons. The molecule has 2 heterocycles. The van der Waals surface area contributed by atoms with Crippen molar-refractivity contribution < 1.29 is 27.4 Å². The summed E-state index contributed by atoms with van der Waals surface area (Å²) < 4.78 is 51.4. The molecular formula is C18H18F3N3O3. The number of hydrogen-bond acceptors (Lipinski definition) is 4. The summed E-state index contributed by atoms with van der Waals surface area (Å²) in [6.07, 6.45) is -3.05. The quantitative estimate of drug-likeness (QED) is 0.750. The zero-order valence-electron chi connectivity index (χ0n) is 14.6. The minimum atomic E-state index is -4.67. The molecule has 6 nitrogen and oxygen atoms in total. The summed E-state index contributed by atoms with van der Waals surface area (Å²) in [6.45, 7) is 1.01. The second-order valence-corrected chi connectivity index (χ2v) is 7.09. The number of halogens is 3. The first-order valence-corrected chi connectivity index (χ1v) is 8.71. The van der Waals surface area contributed by atoms with E-state index in [1.807, 2.05) is 0 Å². The molecule has 1 saturated carbocycles. The highest BCUT2D eigenvalue weighted by molar-refractivity contribution is 5.95. The highest BCUT2D eigenvalue weighted by atomic mass is 19.4. The molecule has 0 radical (unpaired) electrons. The zero-order valence-corrected chi connectivity index (χ0v) is 14.6. The Kier molecular flexibility index (Phi) is 4.09. The lowest BCUT2D eigenvalue weighted by atomic mass is 9.85. The van der Waals surface area contributed by atoms with Crippen LogP contribution in [0.25, 0.3) is 0 Å². The fourth-order valence-corrected chi connectivity index (χ4v) is 4.34. The molecule has 1 aliphatic carbocycles. The van der Waals surface area contributed by atoms with Crippen molar-refractivity contribution in [2.45, 2.75) is 43.3 Å². The molecule has 1 spiro atoms. The van der Waals surface area contributed by atoms with Crippen molar-refractivity contribution in [3.63, 3.8) is 0 Å². The molecule has 0 aromatic heterocycles. The third kappa shape index (κ3) is 2.84. The first-order chi connectivity index (χ1) is 12.8. The van der Waals surface area contributed by atoms with Gasteiger partial charge in [0.1, 0.15) is 0 Å². The van der Waals surface area contributed by atoms with Crippen LogP contribution in [-0.2, 0) is 15.7 Å². The molecule has 2 atom stereocenters. The number of nitrogens with zero attached hydrogens (tertiary/aromatic N) is 3. The van der Waals surface area contributed by atoms with Crippen LogP contribution in [-0.4, -0.2) is 49.1 Å². The van der Waals surface area contributed by atoms with Gasteiger partial charge in [0, 0.05) is 25.6 Å². The van der Waals surface area contributed by atoms with Gasteiger partial charge in [-0.25, -0.2) is 4.79 Å². The average molecular weight is 381 g/mol. The number of alkyl halides is 3. The minimum Gasteiger partial charge on any atom is -0.347 e. The SMILES string of the molecule is CN1C(=O)N(c2ccc(C#N)c(C(F)(F)F)c2)C2CCC3(CC21)OCCO3. The van der Waals surface area contributed by atoms with E-state index in [9.17, 15) is 18.0 Å². The lowest BCUT2D eigenvalue weighted by Crippen LogP contribution is -2.49. The van der Waals surface area contributed by atoms with Gasteiger partial charge in [-0.05, 0) is 24.6 Å². The van der Waals surface area contributed by atoms with Crippen LogP contribution in [0.2, 0.25) is 0 Å². The molecule has 0 N–H and O–H groups in total. The van der Waals surface area contributed by atoms with E-state index in [-0.39, 0.29) is 23.8 Å². The number of amides is 2. The molecule has 1 aromatic rings. The third-order valence-corrected chi connectivity index (χ3v) is 5.64. The highest BCUT2D eigenvalue weighted by Gasteiger charge is 2.54. The fraction of sp³-hybridized carbons (Fsp3) is 0.556. The van der Waals surface area contributed by atoms with Crippen molar-refractivity contribution in [3.05, 3.63) is 29.3 Å². The smallest absolute Gasteiger partial charge is 0.347 e. The summed E-state index contributed by atoms with van der Waals surface area (Å²) in [5, 5.41) is 8.97. The number of nitriles is 1. The third-order valence-electron chi connectivity index (χ3n) is 5.64. The van der Waals surface area contributed by atoms with E-state index in [0.717, 1.165) is 12.1 Å². The van der Waals surface area contributed by atoms with Crippen LogP contribution >= 0.6 is 0 Å². The lowest BCUT2D eigenvalue weighted by Gasteiger charge is -2.40. The molecule has 4 rings (SSSR count). The van der Waals surface area contributed by atoms with E-state index in [1.165, 1.54) is 11.0 Å². The number of fused-ring (bicyclic) bond motifs is 1. The molecule has 0 bridgehead atoms. The van der Waals surface area contributed by atoms with Crippen molar-refractivity contribution in [2.75, 3.05) is 25.2 Å². The average Bonchev–Trinajstić information content (AvgIpc) is 3.18. The van der Waals surface area contributed by atoms with Gasteiger partial charge in [0.15, 0.2) is 5.79 Å². The Morgan fingerprint density at radius 3 is 2.59 bits per heavy atom. The fourth-order valence-electron chi connectivity index (χ4n) is 4.34. The first-order valence-electron chi connectivity index (χ1n) is 8.71. The molecule has 3 fully saturated rings. The Labute approximate surface area is 154 Å². The number of likely N-dealkylation sites (N-methyl/N-ethyl adjacent to an activating group) is 1. The summed E-state index contributed by atoms with van der Waals surface area (Å²) >= 11 is 0. The standard InChI is InChI=1S/C18H18F3N3O3/c1-23-15-9-17(26-6-7-27-17)5-4-14(15)24(16(23)25)12-3-2-11(10-22)13(8-12)18(19,20)21/h2-3,8,14-15H,4-7,9H2,1H3. The largest absolute Gasteiger partial charge is 0.417 e. The normalized spacial score (nSPS) is 27.1. The predicted molar refractivity (Wildman–Crippen MR) is 87.9 cm³/mol. The number of anilines is 1. The van der Waals surface area contributed by atoms with Crippen LogP contribution < -0.4 is 4.90 Å². The van der Waals surface area contributed by atoms with Crippen LogP contribution in [0.4, 0.5) is 23.7 Å². The summed E-state index contributed by atoms with van der Waals surface area (Å²) in [5.41, 5.74) is -1.34. The Morgan fingerprint density at radius 2 is 1.96 bits per heavy atom. The van der Waals surface area contributed by atoms with Gasteiger partial charge in [-0.3, -0.25) is 4.90 Å². The van der Waals surface area contributed by atoms with E-state index >= 15 is 0 Å². The van der Waals surface area contributed by atoms with Crippen LogP contribution in [0.3, 0.4) is 0 Å². The molecule has 9 heteroatoms. The van der Waals surface area contributed by atoms with Gasteiger partial charge in [0.2, 0.25) is 0 Å². The molecular weight excluding hydrogens is 363 g/mol. The van der Waals surface area contributed by atoms with Gasteiger partial charge in [-0.15, -0.1) is 0 Å². The van der Waals surface area contributed by atoms with Crippen molar-refractivity contribution >= 4 is 11.7 Å². The second-order valence-electron chi connectivity index (χ2n) is 7.09. The Balaban J connectivity index is 1.69. The van der Waals surface area contributed by atoms with E-state index in [4.69, 9.17) is 14.7 Å². The van der Waals surface area contributed by atoms with Gasteiger partial charge < -0.3 is 14.4 Å². The summed E-state index contributed by atoms with van der Waals surface area (Å²) in [6, 6.07) is 4.12. The zero-order chi connectivity index (χ0) is 19.4. The maximum atomic E-state index is 13.3. The van der Waals surface area contributed by atoms with Crippen molar-refractivity contribution in [1.82, 2.24) is 4.90 Å². The molecule has 2 unspecified atom stereocenters. The van der Waals surface area contributed by atoms with Crippen LogP contribution in [0.5, 0.6) is 0 Å². The van der Waals surface area contributed by atoms with E-state index < -0.39 is 23.1 Å². The van der Waals surface area contributed by atoms with Crippen molar-refractivity contribution in [1.29, 1.82) is 5.26 Å². The predicted octanol–water partition coefficient (Wildman–Crippen LogP) is 3.11. The van der Waals surface area contributed by atoms with E-state index in [1.54, 1.807) is 18.0 Å². The lowest BCUT2D eigenvalue weighted by molar-refractivity contribution is -0.186.